The fourth-order valence-corrected chi connectivity index (χ4v) is 3.87. The number of fused-ring (bicyclic) bond motifs is 1. The molecular formula is C19H24N4O. The van der Waals surface area contributed by atoms with Gasteiger partial charge in [-0.2, -0.15) is 0 Å². The number of anilines is 1. The molecule has 0 radical (unpaired) electrons. The summed E-state index contributed by atoms with van der Waals surface area (Å²) in [7, 11) is 0. The fourth-order valence-electron chi connectivity index (χ4n) is 3.87. The van der Waals surface area contributed by atoms with Gasteiger partial charge in [0.1, 0.15) is 5.82 Å². The number of benzene rings is 1. The maximum absolute atomic E-state index is 12.5. The molecule has 1 aromatic heterocycles. The number of nitrogens with one attached hydrogen (secondary N) is 1. The van der Waals surface area contributed by atoms with E-state index in [-0.39, 0.29) is 11.8 Å². The zero-order valence-electron chi connectivity index (χ0n) is 14.0. The van der Waals surface area contributed by atoms with Crippen LogP contribution in [0, 0.1) is 5.92 Å². The van der Waals surface area contributed by atoms with E-state index in [4.69, 9.17) is 0 Å². The molecule has 1 N–H and O–H groups in total. The van der Waals surface area contributed by atoms with E-state index in [0.717, 1.165) is 48.7 Å². The van der Waals surface area contributed by atoms with Crippen LogP contribution in [0.4, 0.5) is 5.69 Å². The Hall–Kier alpha value is -2.17. The number of hydrogen-bond donors (Lipinski definition) is 1. The van der Waals surface area contributed by atoms with Gasteiger partial charge in [-0.15, -0.1) is 10.2 Å². The highest BCUT2D eigenvalue weighted by molar-refractivity contribution is 5.93. The number of amides is 1. The molecule has 1 aliphatic heterocycles. The molecular weight excluding hydrogens is 300 g/mol. The highest BCUT2D eigenvalue weighted by atomic mass is 16.1. The number of carbonyl (C=O) groups is 1. The molecule has 2 aromatic rings. The van der Waals surface area contributed by atoms with Gasteiger partial charge in [0.25, 0.3) is 0 Å². The lowest BCUT2D eigenvalue weighted by atomic mass is 9.88. The Kier molecular flexibility index (Phi) is 4.32. The van der Waals surface area contributed by atoms with Crippen molar-refractivity contribution in [2.24, 2.45) is 5.92 Å². The van der Waals surface area contributed by atoms with Gasteiger partial charge in [-0.05, 0) is 37.8 Å². The summed E-state index contributed by atoms with van der Waals surface area (Å²) in [5.74, 6) is 2.32. The molecule has 5 heteroatoms. The number of carbonyl (C=O) groups excluding carboxylic acids is 1. The lowest BCUT2D eigenvalue weighted by Crippen LogP contribution is -2.24. The average Bonchev–Trinajstić information content (AvgIpc) is 3.07. The average molecular weight is 324 g/mol. The topological polar surface area (TPSA) is 59.8 Å². The van der Waals surface area contributed by atoms with Crippen LogP contribution in [0.5, 0.6) is 0 Å². The van der Waals surface area contributed by atoms with Crippen LogP contribution in [0.2, 0.25) is 0 Å². The lowest BCUT2D eigenvalue weighted by Gasteiger charge is -2.21. The lowest BCUT2D eigenvalue weighted by molar-refractivity contribution is -0.120. The van der Waals surface area contributed by atoms with E-state index in [0.29, 0.717) is 0 Å². The zero-order valence-corrected chi connectivity index (χ0v) is 14.0. The third-order valence-corrected chi connectivity index (χ3v) is 5.22. The summed E-state index contributed by atoms with van der Waals surface area (Å²) in [6, 6.07) is 8.00. The van der Waals surface area contributed by atoms with Gasteiger partial charge in [0.2, 0.25) is 5.91 Å². The second kappa shape index (κ2) is 6.75. The molecule has 126 valence electrons. The SMILES string of the molecule is O=C(Nc1cccc(-c2nnc3n2CCCC3)c1)C1CCCCC1. The first kappa shape index (κ1) is 15.4. The maximum Gasteiger partial charge on any atom is 0.227 e. The van der Waals surface area contributed by atoms with Crippen molar-refractivity contribution in [2.45, 2.75) is 57.9 Å². The van der Waals surface area contributed by atoms with Gasteiger partial charge in [0.15, 0.2) is 5.82 Å². The normalized spacial score (nSPS) is 18.2. The quantitative estimate of drug-likeness (QED) is 0.934. The number of aromatic nitrogens is 3. The standard InChI is InChI=1S/C19H24N4O/c24-19(14-7-2-1-3-8-14)20-16-10-6-9-15(13-16)18-22-21-17-11-4-5-12-23(17)18/h6,9-10,13-14H,1-5,7-8,11-12H2,(H,20,24). The number of hydrogen-bond acceptors (Lipinski definition) is 3. The monoisotopic (exact) mass is 324 g/mol. The second-order valence-corrected chi connectivity index (χ2v) is 6.95. The Morgan fingerprint density at radius 2 is 1.96 bits per heavy atom. The number of rotatable bonds is 3. The van der Waals surface area contributed by atoms with Crippen molar-refractivity contribution in [3.63, 3.8) is 0 Å². The molecule has 1 amide bonds. The molecule has 4 rings (SSSR count). The molecule has 0 bridgehead atoms. The third kappa shape index (κ3) is 3.07. The molecule has 1 saturated carbocycles. The van der Waals surface area contributed by atoms with E-state index >= 15 is 0 Å². The first-order chi connectivity index (χ1) is 11.8. The molecule has 1 fully saturated rings. The summed E-state index contributed by atoms with van der Waals surface area (Å²) in [4.78, 5) is 12.5. The minimum atomic E-state index is 0.162. The third-order valence-electron chi connectivity index (χ3n) is 5.22. The van der Waals surface area contributed by atoms with Crippen LogP contribution in [0.25, 0.3) is 11.4 Å². The summed E-state index contributed by atoms with van der Waals surface area (Å²) >= 11 is 0. The van der Waals surface area contributed by atoms with Crippen molar-refractivity contribution >= 4 is 11.6 Å². The van der Waals surface area contributed by atoms with E-state index < -0.39 is 0 Å². The van der Waals surface area contributed by atoms with Crippen LogP contribution in [0.1, 0.15) is 50.8 Å². The van der Waals surface area contributed by atoms with Crippen LogP contribution in [0.3, 0.4) is 0 Å². The molecule has 1 aromatic carbocycles. The molecule has 1 aliphatic carbocycles. The van der Waals surface area contributed by atoms with Crippen LogP contribution in [0.15, 0.2) is 24.3 Å². The highest BCUT2D eigenvalue weighted by Crippen LogP contribution is 2.27. The van der Waals surface area contributed by atoms with Crippen molar-refractivity contribution in [3.05, 3.63) is 30.1 Å². The van der Waals surface area contributed by atoms with Crippen molar-refractivity contribution in [1.82, 2.24) is 14.8 Å². The molecule has 0 atom stereocenters. The van der Waals surface area contributed by atoms with Gasteiger partial charge in [-0.25, -0.2) is 0 Å². The van der Waals surface area contributed by atoms with E-state index in [1.165, 1.54) is 32.1 Å². The first-order valence-electron chi connectivity index (χ1n) is 9.14. The minimum Gasteiger partial charge on any atom is -0.326 e. The Bertz CT molecular complexity index is 731. The van der Waals surface area contributed by atoms with Crippen LogP contribution in [-0.4, -0.2) is 20.7 Å². The molecule has 0 saturated heterocycles. The van der Waals surface area contributed by atoms with Crippen molar-refractivity contribution < 1.29 is 4.79 Å². The molecule has 2 aliphatic rings. The molecule has 2 heterocycles. The Morgan fingerprint density at radius 1 is 1.08 bits per heavy atom. The van der Waals surface area contributed by atoms with Gasteiger partial charge < -0.3 is 9.88 Å². The van der Waals surface area contributed by atoms with Crippen LogP contribution < -0.4 is 5.32 Å². The molecule has 5 nitrogen and oxygen atoms in total. The summed E-state index contributed by atoms with van der Waals surface area (Å²) in [6.07, 6.45) is 9.01. The maximum atomic E-state index is 12.5. The minimum absolute atomic E-state index is 0.162. The van der Waals surface area contributed by atoms with Gasteiger partial charge in [-0.3, -0.25) is 4.79 Å². The van der Waals surface area contributed by atoms with E-state index in [9.17, 15) is 4.79 Å². The summed E-state index contributed by atoms with van der Waals surface area (Å²) in [5, 5.41) is 11.8. The van der Waals surface area contributed by atoms with Crippen LogP contribution >= 0.6 is 0 Å². The summed E-state index contributed by atoms with van der Waals surface area (Å²) in [6.45, 7) is 0.982. The summed E-state index contributed by atoms with van der Waals surface area (Å²) < 4.78 is 2.21. The van der Waals surface area contributed by atoms with E-state index in [2.05, 4.69) is 20.1 Å². The smallest absolute Gasteiger partial charge is 0.227 e. The van der Waals surface area contributed by atoms with Gasteiger partial charge in [0, 0.05) is 30.1 Å². The van der Waals surface area contributed by atoms with E-state index in [1.807, 2.05) is 24.3 Å². The Balaban J connectivity index is 1.53. The van der Waals surface area contributed by atoms with Crippen LogP contribution in [-0.2, 0) is 17.8 Å². The first-order valence-corrected chi connectivity index (χ1v) is 9.14. The Morgan fingerprint density at radius 3 is 2.83 bits per heavy atom. The number of nitrogens with zero attached hydrogens (tertiary/aromatic N) is 3. The summed E-state index contributed by atoms with van der Waals surface area (Å²) in [5.41, 5.74) is 1.88. The second-order valence-electron chi connectivity index (χ2n) is 6.95. The van der Waals surface area contributed by atoms with Gasteiger partial charge in [0.05, 0.1) is 0 Å². The van der Waals surface area contributed by atoms with Gasteiger partial charge in [-0.1, -0.05) is 31.4 Å². The zero-order chi connectivity index (χ0) is 16.4. The van der Waals surface area contributed by atoms with E-state index in [1.54, 1.807) is 0 Å². The largest absolute Gasteiger partial charge is 0.326 e. The predicted octanol–water partition coefficient (Wildman–Crippen LogP) is 3.80. The molecule has 0 spiro atoms. The molecule has 0 unspecified atom stereocenters. The predicted molar refractivity (Wildman–Crippen MR) is 93.6 cm³/mol. The van der Waals surface area contributed by atoms with Crippen molar-refractivity contribution in [2.75, 3.05) is 5.32 Å². The Labute approximate surface area is 142 Å². The fraction of sp³-hybridized carbons (Fsp3) is 0.526. The molecule has 24 heavy (non-hydrogen) atoms. The number of aryl methyl sites for hydroxylation is 1. The van der Waals surface area contributed by atoms with Gasteiger partial charge >= 0.3 is 0 Å². The van der Waals surface area contributed by atoms with Crippen molar-refractivity contribution in [3.8, 4) is 11.4 Å². The highest BCUT2D eigenvalue weighted by Gasteiger charge is 2.21. The van der Waals surface area contributed by atoms with Crippen molar-refractivity contribution in [1.29, 1.82) is 0 Å².